The fourth-order valence-corrected chi connectivity index (χ4v) is 8.06. The van der Waals surface area contributed by atoms with Crippen LogP contribution < -0.4 is 4.74 Å². The first-order valence-electron chi connectivity index (χ1n) is 14.2. The van der Waals surface area contributed by atoms with Gasteiger partial charge < -0.3 is 14.5 Å². The van der Waals surface area contributed by atoms with Gasteiger partial charge in [0.15, 0.2) is 0 Å². The fourth-order valence-electron chi connectivity index (χ4n) is 8.06. The lowest BCUT2D eigenvalue weighted by Gasteiger charge is -2.57. The molecule has 3 aromatic carbocycles. The molecule has 4 saturated carbocycles. The second-order valence-corrected chi connectivity index (χ2v) is 11.9. The number of benzene rings is 3. The molecule has 4 bridgehead atoms. The van der Waals surface area contributed by atoms with Crippen molar-refractivity contribution in [2.75, 3.05) is 6.61 Å². The molecule has 0 amide bonds. The number of esters is 1. The predicted octanol–water partition coefficient (Wildman–Crippen LogP) is 8.06. The van der Waals surface area contributed by atoms with Crippen LogP contribution in [0.2, 0.25) is 0 Å². The van der Waals surface area contributed by atoms with E-state index < -0.39 is 0 Å². The third kappa shape index (κ3) is 4.20. The number of aromatic amines is 1. The molecule has 0 spiro atoms. The van der Waals surface area contributed by atoms with Gasteiger partial charge in [-0.15, -0.1) is 0 Å². The molecule has 1 N–H and O–H groups in total. The number of aromatic nitrogens is 1. The summed E-state index contributed by atoms with van der Waals surface area (Å²) in [6.07, 6.45) is 8.15. The Labute approximate surface area is 224 Å². The second-order valence-electron chi connectivity index (χ2n) is 11.9. The Morgan fingerprint density at radius 1 is 0.868 bits per heavy atom. The van der Waals surface area contributed by atoms with Crippen LogP contribution in [0.1, 0.15) is 67.1 Å². The number of carbonyl (C=O) groups excluding carboxylic acids is 1. The molecule has 4 aromatic rings. The number of hydrogen-bond donors (Lipinski definition) is 1. The first kappa shape index (κ1) is 23.6. The molecular weight excluding hydrogens is 470 g/mol. The van der Waals surface area contributed by atoms with E-state index in [0.717, 1.165) is 40.0 Å². The van der Waals surface area contributed by atoms with Gasteiger partial charge in [-0.3, -0.25) is 0 Å². The maximum Gasteiger partial charge on any atom is 0.354 e. The second kappa shape index (κ2) is 9.34. The highest BCUT2D eigenvalue weighted by Gasteiger charge is 2.52. The zero-order valence-corrected chi connectivity index (χ0v) is 22.0. The molecule has 0 unspecified atom stereocenters. The summed E-state index contributed by atoms with van der Waals surface area (Å²) in [6, 6.07) is 25.6. The lowest BCUT2D eigenvalue weighted by molar-refractivity contribution is -0.00645. The molecule has 38 heavy (non-hydrogen) atoms. The summed E-state index contributed by atoms with van der Waals surface area (Å²) >= 11 is 0. The number of fused-ring (bicyclic) bond motifs is 1. The standard InChI is InChI=1S/C34H35NO3/c1-2-37-33(36)31-17-28-15-26(8-10-30(28)35-31)27-9-11-32(38-21-22-6-4-3-5-7-22)29(16-27)34-18-23-12-24(19-34)14-25(13-23)20-34/h3-11,15-17,23-25,35H,2,12-14,18-21H2,1H3. The van der Waals surface area contributed by atoms with Crippen molar-refractivity contribution < 1.29 is 14.3 Å². The van der Waals surface area contributed by atoms with Crippen molar-refractivity contribution in [2.45, 2.75) is 57.5 Å². The Morgan fingerprint density at radius 3 is 2.26 bits per heavy atom. The quantitative estimate of drug-likeness (QED) is 0.258. The Balaban J connectivity index is 1.27. The molecule has 1 heterocycles. The van der Waals surface area contributed by atoms with E-state index in [4.69, 9.17) is 9.47 Å². The summed E-state index contributed by atoms with van der Waals surface area (Å²) in [5.74, 6) is 3.33. The van der Waals surface area contributed by atoms with Crippen LogP contribution in [0.4, 0.5) is 0 Å². The maximum absolute atomic E-state index is 12.3. The minimum Gasteiger partial charge on any atom is -0.489 e. The third-order valence-electron chi connectivity index (χ3n) is 9.28. The smallest absolute Gasteiger partial charge is 0.354 e. The van der Waals surface area contributed by atoms with Gasteiger partial charge in [-0.25, -0.2) is 4.79 Å². The van der Waals surface area contributed by atoms with E-state index in [1.807, 2.05) is 13.0 Å². The maximum atomic E-state index is 12.3. The van der Waals surface area contributed by atoms with E-state index in [1.54, 1.807) is 0 Å². The lowest BCUT2D eigenvalue weighted by atomic mass is 9.48. The Bertz CT molecular complexity index is 1450. The average molecular weight is 506 g/mol. The van der Waals surface area contributed by atoms with Gasteiger partial charge in [-0.2, -0.15) is 0 Å². The molecule has 194 valence electrons. The first-order valence-corrected chi connectivity index (χ1v) is 14.2. The third-order valence-corrected chi connectivity index (χ3v) is 9.28. The molecule has 8 rings (SSSR count). The molecule has 0 radical (unpaired) electrons. The van der Waals surface area contributed by atoms with Gasteiger partial charge in [-0.1, -0.05) is 42.5 Å². The highest BCUT2D eigenvalue weighted by molar-refractivity contribution is 5.96. The highest BCUT2D eigenvalue weighted by atomic mass is 16.5. The van der Waals surface area contributed by atoms with E-state index in [-0.39, 0.29) is 11.4 Å². The van der Waals surface area contributed by atoms with Crippen molar-refractivity contribution in [2.24, 2.45) is 17.8 Å². The van der Waals surface area contributed by atoms with Crippen molar-refractivity contribution in [1.29, 1.82) is 0 Å². The van der Waals surface area contributed by atoms with Crippen LogP contribution in [-0.2, 0) is 16.8 Å². The normalized spacial score (nSPS) is 25.6. The van der Waals surface area contributed by atoms with Crippen LogP contribution in [-0.4, -0.2) is 17.6 Å². The van der Waals surface area contributed by atoms with E-state index >= 15 is 0 Å². The largest absolute Gasteiger partial charge is 0.489 e. The minimum absolute atomic E-state index is 0.228. The van der Waals surface area contributed by atoms with Gasteiger partial charge in [-0.05, 0) is 116 Å². The summed E-state index contributed by atoms with van der Waals surface area (Å²) in [7, 11) is 0. The van der Waals surface area contributed by atoms with Crippen molar-refractivity contribution in [3.8, 4) is 16.9 Å². The first-order chi connectivity index (χ1) is 18.6. The van der Waals surface area contributed by atoms with Crippen molar-refractivity contribution in [3.63, 3.8) is 0 Å². The van der Waals surface area contributed by atoms with E-state index in [2.05, 4.69) is 71.7 Å². The van der Waals surface area contributed by atoms with Gasteiger partial charge in [0.05, 0.1) is 6.61 Å². The van der Waals surface area contributed by atoms with Gasteiger partial charge >= 0.3 is 5.97 Å². The van der Waals surface area contributed by atoms with Crippen molar-refractivity contribution in [1.82, 2.24) is 4.98 Å². The van der Waals surface area contributed by atoms with E-state index in [9.17, 15) is 4.79 Å². The highest BCUT2D eigenvalue weighted by Crippen LogP contribution is 2.62. The van der Waals surface area contributed by atoms with Crippen molar-refractivity contribution >= 4 is 16.9 Å². The zero-order valence-electron chi connectivity index (χ0n) is 22.0. The monoisotopic (exact) mass is 505 g/mol. The van der Waals surface area contributed by atoms with E-state index in [1.165, 1.54) is 55.2 Å². The predicted molar refractivity (Wildman–Crippen MR) is 150 cm³/mol. The zero-order chi connectivity index (χ0) is 25.7. The molecule has 0 saturated heterocycles. The van der Waals surface area contributed by atoms with Crippen LogP contribution in [0.5, 0.6) is 5.75 Å². The van der Waals surface area contributed by atoms with Gasteiger partial charge in [0.2, 0.25) is 0 Å². The Kier molecular flexibility index (Phi) is 5.79. The molecule has 4 fully saturated rings. The van der Waals surface area contributed by atoms with Crippen LogP contribution >= 0.6 is 0 Å². The van der Waals surface area contributed by atoms with Crippen molar-refractivity contribution in [3.05, 3.63) is 89.6 Å². The molecule has 0 aliphatic heterocycles. The number of rotatable bonds is 7. The van der Waals surface area contributed by atoms with Crippen LogP contribution in [0.15, 0.2) is 72.8 Å². The molecule has 4 nitrogen and oxygen atoms in total. The molecule has 4 heteroatoms. The molecule has 0 atom stereocenters. The number of H-pyrrole nitrogens is 1. The van der Waals surface area contributed by atoms with Gasteiger partial charge in [0.1, 0.15) is 18.1 Å². The minimum atomic E-state index is -0.311. The number of hydrogen-bond acceptors (Lipinski definition) is 3. The summed E-state index contributed by atoms with van der Waals surface area (Å²) in [6.45, 7) is 2.78. The lowest BCUT2D eigenvalue weighted by Crippen LogP contribution is -2.48. The SMILES string of the molecule is CCOC(=O)c1cc2cc(-c3ccc(OCc4ccccc4)c(C45CC6CC(CC(C6)C4)C5)c3)ccc2[nH]1. The van der Waals surface area contributed by atoms with E-state index in [0.29, 0.717) is 18.9 Å². The topological polar surface area (TPSA) is 51.3 Å². The Hall–Kier alpha value is -3.53. The summed E-state index contributed by atoms with van der Waals surface area (Å²) in [4.78, 5) is 15.5. The summed E-state index contributed by atoms with van der Waals surface area (Å²) in [5, 5.41) is 1.02. The molecule has 4 aliphatic rings. The summed E-state index contributed by atoms with van der Waals surface area (Å²) in [5.41, 5.74) is 6.65. The van der Waals surface area contributed by atoms with Crippen LogP contribution in [0, 0.1) is 17.8 Å². The average Bonchev–Trinajstić information content (AvgIpc) is 3.36. The molecule has 4 aliphatic carbocycles. The number of ether oxygens (including phenoxy) is 2. The fraction of sp³-hybridized carbons (Fsp3) is 0.382. The van der Waals surface area contributed by atoms with Crippen LogP contribution in [0.25, 0.3) is 22.0 Å². The van der Waals surface area contributed by atoms with Gasteiger partial charge in [0, 0.05) is 16.5 Å². The Morgan fingerprint density at radius 2 is 1.55 bits per heavy atom. The number of nitrogens with one attached hydrogen (secondary N) is 1. The van der Waals surface area contributed by atoms with Crippen LogP contribution in [0.3, 0.4) is 0 Å². The number of carbonyl (C=O) groups is 1. The molecule has 1 aromatic heterocycles. The van der Waals surface area contributed by atoms with Gasteiger partial charge in [0.25, 0.3) is 0 Å². The summed E-state index contributed by atoms with van der Waals surface area (Å²) < 4.78 is 11.8. The molecular formula is C34H35NO3.